The number of nitrogens with zero attached hydrogens (tertiary/aromatic N) is 2. The number of para-hydroxylation sites is 2. The molecule has 0 aliphatic carbocycles. The summed E-state index contributed by atoms with van der Waals surface area (Å²) in [6.45, 7) is 0. The highest BCUT2D eigenvalue weighted by Gasteiger charge is 2.16. The number of fused-ring (bicyclic) bond motifs is 9. The molecule has 0 saturated heterocycles. The third kappa shape index (κ3) is 3.84. The minimum Gasteiger partial charge on any atom is -0.456 e. The number of benzene rings is 6. The Kier molecular flexibility index (Phi) is 5.12. The first-order valence-electron chi connectivity index (χ1n) is 14.9. The minimum absolute atomic E-state index is 0.682. The van der Waals surface area contributed by atoms with E-state index in [2.05, 4.69) is 91.0 Å². The van der Waals surface area contributed by atoms with Crippen LogP contribution in [0.15, 0.2) is 142 Å². The largest absolute Gasteiger partial charge is 0.456 e. The molecule has 4 nitrogen and oxygen atoms in total. The minimum atomic E-state index is 0.682. The van der Waals surface area contributed by atoms with Gasteiger partial charge in [-0.2, -0.15) is 0 Å². The number of thiophene rings is 1. The Hall–Kier alpha value is -5.78. The van der Waals surface area contributed by atoms with Crippen LogP contribution in [0.25, 0.3) is 98.0 Å². The maximum atomic E-state index is 6.25. The molecular formula is C40H22N2O2S. The Morgan fingerprint density at radius 3 is 1.76 bits per heavy atom. The number of furan rings is 2. The van der Waals surface area contributed by atoms with Crippen LogP contribution in [0.5, 0.6) is 0 Å². The summed E-state index contributed by atoms with van der Waals surface area (Å²) in [5, 5.41) is 6.84. The van der Waals surface area contributed by atoms with E-state index in [0.717, 1.165) is 72.0 Å². The molecule has 0 fully saturated rings. The molecule has 0 spiro atoms. The fraction of sp³-hybridized carbons (Fsp3) is 0. The van der Waals surface area contributed by atoms with Gasteiger partial charge in [0, 0.05) is 58.4 Å². The standard InChI is InChI=1S/C40H22N2O2S/c1-4-10-34-26(7-1)28-16-13-24(21-37(28)44-34)33-22-32(23-14-17-36-30(19-23)27-8-2-5-11-35(27)43-36)41-40(42-33)25-15-18-39-31(20-25)29-9-3-6-12-38(29)45-39/h1-22H. The van der Waals surface area contributed by atoms with Gasteiger partial charge in [-0.25, -0.2) is 9.97 Å². The van der Waals surface area contributed by atoms with E-state index in [4.69, 9.17) is 18.8 Å². The van der Waals surface area contributed by atoms with Crippen molar-refractivity contribution < 1.29 is 8.83 Å². The zero-order valence-corrected chi connectivity index (χ0v) is 24.6. The molecule has 0 saturated carbocycles. The van der Waals surface area contributed by atoms with Gasteiger partial charge in [-0.05, 0) is 72.8 Å². The van der Waals surface area contributed by atoms with E-state index in [0.29, 0.717) is 5.82 Å². The van der Waals surface area contributed by atoms with Gasteiger partial charge in [0.1, 0.15) is 22.3 Å². The molecule has 0 aliphatic heterocycles. The Bertz CT molecular complexity index is 2650. The molecule has 4 aromatic heterocycles. The second kappa shape index (κ2) is 9.36. The normalized spacial score (nSPS) is 12.0. The maximum Gasteiger partial charge on any atom is 0.160 e. The zero-order valence-electron chi connectivity index (χ0n) is 23.8. The van der Waals surface area contributed by atoms with Gasteiger partial charge in [-0.15, -0.1) is 11.3 Å². The molecule has 5 heteroatoms. The molecule has 4 heterocycles. The molecule has 6 aromatic carbocycles. The third-order valence-corrected chi connectivity index (χ3v) is 9.86. The first kappa shape index (κ1) is 24.6. The Labute approximate surface area is 260 Å². The highest BCUT2D eigenvalue weighted by Crippen LogP contribution is 2.38. The van der Waals surface area contributed by atoms with E-state index in [1.165, 1.54) is 20.2 Å². The molecule has 0 amide bonds. The zero-order chi connectivity index (χ0) is 29.5. The van der Waals surface area contributed by atoms with Crippen molar-refractivity contribution in [1.82, 2.24) is 9.97 Å². The van der Waals surface area contributed by atoms with Gasteiger partial charge >= 0.3 is 0 Å². The molecule has 0 radical (unpaired) electrons. The van der Waals surface area contributed by atoms with Gasteiger partial charge in [0.2, 0.25) is 0 Å². The number of rotatable bonds is 3. The van der Waals surface area contributed by atoms with Crippen LogP contribution in [-0.4, -0.2) is 9.97 Å². The quantitative estimate of drug-likeness (QED) is 0.204. The van der Waals surface area contributed by atoms with E-state index in [1.54, 1.807) is 0 Å². The van der Waals surface area contributed by atoms with E-state index < -0.39 is 0 Å². The summed E-state index contributed by atoms with van der Waals surface area (Å²) in [4.78, 5) is 10.3. The van der Waals surface area contributed by atoms with Crippen molar-refractivity contribution in [3.63, 3.8) is 0 Å². The van der Waals surface area contributed by atoms with Crippen LogP contribution >= 0.6 is 11.3 Å². The topological polar surface area (TPSA) is 52.1 Å². The Balaban J connectivity index is 1.20. The van der Waals surface area contributed by atoms with Crippen LogP contribution < -0.4 is 0 Å². The van der Waals surface area contributed by atoms with Crippen molar-refractivity contribution in [2.45, 2.75) is 0 Å². The SMILES string of the molecule is c1ccc2c(c1)oc1cc(-c3cc(-c4ccc5oc6ccccc6c5c4)nc(-c4ccc5sc6ccccc6c5c4)n3)ccc12. The molecule has 0 bridgehead atoms. The first-order valence-corrected chi connectivity index (χ1v) is 15.7. The molecule has 10 aromatic rings. The van der Waals surface area contributed by atoms with Crippen LogP contribution in [0.1, 0.15) is 0 Å². The lowest BCUT2D eigenvalue weighted by molar-refractivity contribution is 0.668. The molecule has 0 N–H and O–H groups in total. The average molecular weight is 595 g/mol. The monoisotopic (exact) mass is 594 g/mol. The fourth-order valence-corrected chi connectivity index (χ4v) is 7.59. The summed E-state index contributed by atoms with van der Waals surface area (Å²) in [5.74, 6) is 0.682. The highest BCUT2D eigenvalue weighted by molar-refractivity contribution is 7.25. The maximum absolute atomic E-state index is 6.25. The van der Waals surface area contributed by atoms with E-state index in [1.807, 2.05) is 53.8 Å². The first-order chi connectivity index (χ1) is 22.2. The summed E-state index contributed by atoms with van der Waals surface area (Å²) in [6, 6.07) is 46.1. The number of hydrogen-bond donors (Lipinski definition) is 0. The molecule has 0 atom stereocenters. The van der Waals surface area contributed by atoms with Gasteiger partial charge in [0.15, 0.2) is 5.82 Å². The second-order valence-corrected chi connectivity index (χ2v) is 12.5. The van der Waals surface area contributed by atoms with E-state index in [9.17, 15) is 0 Å². The van der Waals surface area contributed by atoms with Gasteiger partial charge in [0.05, 0.1) is 11.4 Å². The molecule has 10 rings (SSSR count). The number of aromatic nitrogens is 2. The molecule has 0 aliphatic rings. The van der Waals surface area contributed by atoms with Crippen molar-refractivity contribution in [1.29, 1.82) is 0 Å². The fourth-order valence-electron chi connectivity index (χ4n) is 6.51. The van der Waals surface area contributed by atoms with Crippen LogP contribution in [0, 0.1) is 0 Å². The van der Waals surface area contributed by atoms with Gasteiger partial charge in [-0.1, -0.05) is 60.7 Å². The van der Waals surface area contributed by atoms with Crippen LogP contribution in [0.3, 0.4) is 0 Å². The van der Waals surface area contributed by atoms with Crippen molar-refractivity contribution in [2.24, 2.45) is 0 Å². The predicted molar refractivity (Wildman–Crippen MR) is 186 cm³/mol. The summed E-state index contributed by atoms with van der Waals surface area (Å²) in [5.41, 5.74) is 8.11. The summed E-state index contributed by atoms with van der Waals surface area (Å²) in [7, 11) is 0. The summed E-state index contributed by atoms with van der Waals surface area (Å²) < 4.78 is 14.9. The van der Waals surface area contributed by atoms with Gasteiger partial charge < -0.3 is 8.83 Å². The van der Waals surface area contributed by atoms with Crippen molar-refractivity contribution in [2.75, 3.05) is 0 Å². The predicted octanol–water partition coefficient (Wildman–Crippen LogP) is 11.6. The van der Waals surface area contributed by atoms with Crippen molar-refractivity contribution in [3.8, 4) is 33.9 Å². The lowest BCUT2D eigenvalue weighted by Crippen LogP contribution is -1.96. The van der Waals surface area contributed by atoms with Crippen molar-refractivity contribution >= 4 is 75.4 Å². The third-order valence-electron chi connectivity index (χ3n) is 8.71. The van der Waals surface area contributed by atoms with Crippen molar-refractivity contribution in [3.05, 3.63) is 133 Å². The highest BCUT2D eigenvalue weighted by atomic mass is 32.1. The van der Waals surface area contributed by atoms with Gasteiger partial charge in [0.25, 0.3) is 0 Å². The average Bonchev–Trinajstić information content (AvgIpc) is 3.78. The number of hydrogen-bond acceptors (Lipinski definition) is 5. The summed E-state index contributed by atoms with van der Waals surface area (Å²) in [6.07, 6.45) is 0. The van der Waals surface area contributed by atoms with Gasteiger partial charge in [-0.3, -0.25) is 0 Å². The lowest BCUT2D eigenvalue weighted by atomic mass is 10.0. The van der Waals surface area contributed by atoms with Crippen LogP contribution in [0.2, 0.25) is 0 Å². The Morgan fingerprint density at radius 1 is 0.378 bits per heavy atom. The summed E-state index contributed by atoms with van der Waals surface area (Å²) >= 11 is 1.81. The molecule has 0 unspecified atom stereocenters. The molecular weight excluding hydrogens is 573 g/mol. The smallest absolute Gasteiger partial charge is 0.160 e. The lowest BCUT2D eigenvalue weighted by Gasteiger charge is -2.10. The van der Waals surface area contributed by atoms with E-state index in [-0.39, 0.29) is 0 Å². The Morgan fingerprint density at radius 2 is 0.933 bits per heavy atom. The van der Waals surface area contributed by atoms with Crippen LogP contribution in [-0.2, 0) is 0 Å². The molecule has 210 valence electrons. The second-order valence-electron chi connectivity index (χ2n) is 11.4. The van der Waals surface area contributed by atoms with Crippen LogP contribution in [0.4, 0.5) is 0 Å². The molecule has 45 heavy (non-hydrogen) atoms. The van der Waals surface area contributed by atoms with E-state index >= 15 is 0 Å².